The molecule has 0 atom stereocenters. The van der Waals surface area contributed by atoms with Gasteiger partial charge < -0.3 is 5.73 Å². The van der Waals surface area contributed by atoms with Crippen LogP contribution >= 0.6 is 0 Å². The van der Waals surface area contributed by atoms with Gasteiger partial charge in [-0.25, -0.2) is 0 Å². The molecular weight excluding hydrogens is 124 g/mol. The summed E-state index contributed by atoms with van der Waals surface area (Å²) < 4.78 is 0. The first-order valence-electron chi connectivity index (χ1n) is 3.65. The highest BCUT2D eigenvalue weighted by Gasteiger charge is 1.97. The van der Waals surface area contributed by atoms with Crippen LogP contribution in [0.25, 0.3) is 0 Å². The number of nitrogens with two attached hydrogens (primary N) is 1. The van der Waals surface area contributed by atoms with E-state index in [2.05, 4.69) is 18.8 Å². The lowest BCUT2D eigenvalue weighted by Gasteiger charge is -2.02. The number of allylic oxidation sites excluding steroid dienone is 1. The zero-order valence-electron chi connectivity index (χ0n) is 6.96. The molecule has 2 heteroatoms. The van der Waals surface area contributed by atoms with Crippen LogP contribution in [0.3, 0.4) is 0 Å². The molecule has 2 nitrogen and oxygen atoms in total. The zero-order valence-corrected chi connectivity index (χ0v) is 6.96. The van der Waals surface area contributed by atoms with Gasteiger partial charge in [0.2, 0.25) is 0 Å². The smallest absolute Gasteiger partial charge is 0.0387 e. The Kier molecular flexibility index (Phi) is 4.63. The third-order valence-corrected chi connectivity index (χ3v) is 1.20. The predicted octanol–water partition coefficient (Wildman–Crippen LogP) is 1.58. The minimum absolute atomic E-state index is 0.472. The summed E-state index contributed by atoms with van der Waals surface area (Å²) in [5.41, 5.74) is 6.31. The lowest BCUT2D eigenvalue weighted by Crippen LogP contribution is -2.05. The van der Waals surface area contributed by atoms with Crippen molar-refractivity contribution in [1.29, 1.82) is 0 Å². The molecule has 58 valence electrons. The molecule has 0 aliphatic rings. The van der Waals surface area contributed by atoms with Crippen LogP contribution < -0.4 is 5.73 Å². The van der Waals surface area contributed by atoms with Crippen LogP contribution in [0.5, 0.6) is 0 Å². The lowest BCUT2D eigenvalue weighted by atomic mass is 10.1. The molecule has 0 aromatic rings. The van der Waals surface area contributed by atoms with Crippen molar-refractivity contribution in [2.24, 2.45) is 16.6 Å². The molecule has 0 aliphatic carbocycles. The van der Waals surface area contributed by atoms with Crippen LogP contribution in [0.2, 0.25) is 0 Å². The highest BCUT2D eigenvalue weighted by atomic mass is 14.7. The summed E-state index contributed by atoms with van der Waals surface area (Å²) in [4.78, 5) is 4.26. The SMILES string of the molecule is CCN=C(/C=C\N)C(C)C. The summed E-state index contributed by atoms with van der Waals surface area (Å²) in [5, 5.41) is 0. The molecule has 0 saturated carbocycles. The van der Waals surface area contributed by atoms with Crippen LogP contribution in [-0.2, 0) is 0 Å². The van der Waals surface area contributed by atoms with E-state index in [1.807, 2.05) is 13.0 Å². The minimum Gasteiger partial charge on any atom is -0.405 e. The second-order valence-corrected chi connectivity index (χ2v) is 2.41. The molecule has 0 aromatic heterocycles. The first kappa shape index (κ1) is 9.21. The molecule has 0 rings (SSSR count). The molecule has 0 fully saturated rings. The van der Waals surface area contributed by atoms with E-state index < -0.39 is 0 Å². The van der Waals surface area contributed by atoms with E-state index in [1.165, 1.54) is 6.20 Å². The molecule has 10 heavy (non-hydrogen) atoms. The van der Waals surface area contributed by atoms with Crippen LogP contribution in [-0.4, -0.2) is 12.3 Å². The maximum Gasteiger partial charge on any atom is 0.0387 e. The Morgan fingerprint density at radius 1 is 1.60 bits per heavy atom. The summed E-state index contributed by atoms with van der Waals surface area (Å²) in [7, 11) is 0. The largest absolute Gasteiger partial charge is 0.405 e. The Morgan fingerprint density at radius 3 is 2.50 bits per heavy atom. The van der Waals surface area contributed by atoms with Crippen molar-refractivity contribution in [1.82, 2.24) is 0 Å². The first-order valence-corrected chi connectivity index (χ1v) is 3.65. The number of hydrogen-bond acceptors (Lipinski definition) is 2. The summed E-state index contributed by atoms with van der Waals surface area (Å²) in [6.07, 6.45) is 3.39. The van der Waals surface area contributed by atoms with E-state index in [0.717, 1.165) is 12.3 Å². The summed E-state index contributed by atoms with van der Waals surface area (Å²) >= 11 is 0. The highest BCUT2D eigenvalue weighted by molar-refractivity contribution is 5.96. The third kappa shape index (κ3) is 3.28. The second kappa shape index (κ2) is 5.03. The Hall–Kier alpha value is -0.790. The van der Waals surface area contributed by atoms with Crippen molar-refractivity contribution in [3.05, 3.63) is 12.3 Å². The van der Waals surface area contributed by atoms with E-state index in [0.29, 0.717) is 5.92 Å². The predicted molar refractivity (Wildman–Crippen MR) is 46.1 cm³/mol. The molecule has 0 saturated heterocycles. The summed E-state index contributed by atoms with van der Waals surface area (Å²) in [5.74, 6) is 0.472. The highest BCUT2D eigenvalue weighted by Crippen LogP contribution is 1.97. The Balaban J connectivity index is 4.11. The Morgan fingerprint density at radius 2 is 2.20 bits per heavy atom. The fourth-order valence-electron chi connectivity index (χ4n) is 0.709. The monoisotopic (exact) mass is 140 g/mol. The van der Waals surface area contributed by atoms with Crippen molar-refractivity contribution < 1.29 is 0 Å². The van der Waals surface area contributed by atoms with Gasteiger partial charge in [-0.2, -0.15) is 0 Å². The van der Waals surface area contributed by atoms with Gasteiger partial charge in [0.05, 0.1) is 0 Å². The zero-order chi connectivity index (χ0) is 7.98. The maximum atomic E-state index is 5.24. The van der Waals surface area contributed by atoms with Crippen molar-refractivity contribution >= 4 is 5.71 Å². The van der Waals surface area contributed by atoms with Crippen LogP contribution in [0.4, 0.5) is 0 Å². The van der Waals surface area contributed by atoms with E-state index in [4.69, 9.17) is 5.73 Å². The van der Waals surface area contributed by atoms with Crippen LogP contribution in [0, 0.1) is 5.92 Å². The molecule has 0 amide bonds. The first-order chi connectivity index (χ1) is 4.72. The fourth-order valence-corrected chi connectivity index (χ4v) is 0.709. The van der Waals surface area contributed by atoms with Gasteiger partial charge in [0.15, 0.2) is 0 Å². The van der Waals surface area contributed by atoms with Gasteiger partial charge in [0.25, 0.3) is 0 Å². The van der Waals surface area contributed by atoms with Gasteiger partial charge in [-0.1, -0.05) is 13.8 Å². The van der Waals surface area contributed by atoms with E-state index >= 15 is 0 Å². The standard InChI is InChI=1S/C8H16N2/c1-4-10-8(5-6-9)7(2)3/h5-7H,4,9H2,1-3H3/b6-5-,10-8?. The molecule has 0 heterocycles. The second-order valence-electron chi connectivity index (χ2n) is 2.41. The fraction of sp³-hybridized carbons (Fsp3) is 0.625. The molecule has 0 aliphatic heterocycles. The molecular formula is C8H16N2. The van der Waals surface area contributed by atoms with Gasteiger partial charge in [0.1, 0.15) is 0 Å². The van der Waals surface area contributed by atoms with Gasteiger partial charge >= 0.3 is 0 Å². The minimum atomic E-state index is 0.472. The van der Waals surface area contributed by atoms with E-state index in [1.54, 1.807) is 0 Å². The average Bonchev–Trinajstić information content (AvgIpc) is 1.87. The Bertz CT molecular complexity index is 134. The van der Waals surface area contributed by atoms with Gasteiger partial charge in [-0.3, -0.25) is 4.99 Å². The summed E-state index contributed by atoms with van der Waals surface area (Å²) in [6, 6.07) is 0. The van der Waals surface area contributed by atoms with Crippen molar-refractivity contribution in [2.45, 2.75) is 20.8 Å². The molecule has 0 spiro atoms. The van der Waals surface area contributed by atoms with E-state index in [-0.39, 0.29) is 0 Å². The molecule has 0 aromatic carbocycles. The van der Waals surface area contributed by atoms with Crippen molar-refractivity contribution in [2.75, 3.05) is 6.54 Å². The topological polar surface area (TPSA) is 38.4 Å². The van der Waals surface area contributed by atoms with Gasteiger partial charge in [-0.05, 0) is 25.1 Å². The summed E-state index contributed by atoms with van der Waals surface area (Å²) in [6.45, 7) is 7.06. The molecule has 0 bridgehead atoms. The number of nitrogens with zero attached hydrogens (tertiary/aromatic N) is 1. The van der Waals surface area contributed by atoms with Crippen LogP contribution in [0.15, 0.2) is 17.3 Å². The number of rotatable bonds is 3. The number of aliphatic imine (C=N–C) groups is 1. The average molecular weight is 140 g/mol. The quantitative estimate of drug-likeness (QED) is 0.594. The van der Waals surface area contributed by atoms with Crippen LogP contribution in [0.1, 0.15) is 20.8 Å². The molecule has 0 unspecified atom stereocenters. The molecule has 0 radical (unpaired) electrons. The van der Waals surface area contributed by atoms with Gasteiger partial charge in [0, 0.05) is 12.3 Å². The maximum absolute atomic E-state index is 5.24. The normalized spacial score (nSPS) is 13.4. The van der Waals surface area contributed by atoms with Crippen molar-refractivity contribution in [3.63, 3.8) is 0 Å². The van der Waals surface area contributed by atoms with Crippen molar-refractivity contribution in [3.8, 4) is 0 Å². The molecule has 2 N–H and O–H groups in total. The van der Waals surface area contributed by atoms with Gasteiger partial charge in [-0.15, -0.1) is 0 Å². The number of hydrogen-bond donors (Lipinski definition) is 1. The third-order valence-electron chi connectivity index (χ3n) is 1.20. The Labute approximate surface area is 62.8 Å². The van der Waals surface area contributed by atoms with E-state index in [9.17, 15) is 0 Å². The lowest BCUT2D eigenvalue weighted by molar-refractivity contribution is 0.877.